The molecule has 0 spiro atoms. The van der Waals surface area contributed by atoms with Crippen molar-refractivity contribution in [2.75, 3.05) is 17.3 Å². The van der Waals surface area contributed by atoms with Gasteiger partial charge in [-0.1, -0.05) is 12.1 Å². The fourth-order valence-corrected chi connectivity index (χ4v) is 3.65. The number of hydrogen-bond donors (Lipinski definition) is 2. The normalized spacial score (nSPS) is 15.8. The van der Waals surface area contributed by atoms with E-state index in [1.807, 2.05) is 0 Å². The Bertz CT molecular complexity index is 1190. The summed E-state index contributed by atoms with van der Waals surface area (Å²) < 4.78 is 10.4. The van der Waals surface area contributed by atoms with Crippen LogP contribution >= 0.6 is 0 Å². The van der Waals surface area contributed by atoms with E-state index in [1.165, 1.54) is 31.3 Å². The summed E-state index contributed by atoms with van der Waals surface area (Å²) in [5.74, 6) is -1.54. The number of aliphatic hydroxyl groups is 1. The minimum Gasteiger partial charge on any atom is -0.503 e. The highest BCUT2D eigenvalue weighted by molar-refractivity contribution is 6.20. The van der Waals surface area contributed by atoms with Crippen molar-refractivity contribution in [3.05, 3.63) is 89.6 Å². The average Bonchev–Trinajstić information content (AvgIpc) is 3.41. The Hall–Kier alpha value is -4.33. The zero-order valence-corrected chi connectivity index (χ0v) is 17.4. The van der Waals surface area contributed by atoms with Crippen molar-refractivity contribution in [1.29, 1.82) is 0 Å². The van der Waals surface area contributed by atoms with Gasteiger partial charge in [0.25, 0.3) is 5.91 Å². The smallest absolute Gasteiger partial charge is 0.294 e. The van der Waals surface area contributed by atoms with Gasteiger partial charge in [-0.05, 0) is 54.1 Å². The molecule has 1 unspecified atom stereocenters. The molecule has 162 valence electrons. The maximum absolute atomic E-state index is 13.2. The number of amides is 2. The molecule has 0 saturated carbocycles. The topological polar surface area (TPSA) is 109 Å². The molecule has 1 aliphatic rings. The quantitative estimate of drug-likeness (QED) is 0.569. The van der Waals surface area contributed by atoms with Gasteiger partial charge in [-0.2, -0.15) is 0 Å². The van der Waals surface area contributed by atoms with Gasteiger partial charge in [0.05, 0.1) is 25.0 Å². The molecule has 0 radical (unpaired) electrons. The largest absolute Gasteiger partial charge is 0.503 e. The van der Waals surface area contributed by atoms with Crippen LogP contribution in [0.4, 0.5) is 11.4 Å². The van der Waals surface area contributed by atoms with Gasteiger partial charge in [0.1, 0.15) is 5.75 Å². The molecule has 8 nitrogen and oxygen atoms in total. The predicted octanol–water partition coefficient (Wildman–Crippen LogP) is 4.03. The summed E-state index contributed by atoms with van der Waals surface area (Å²) in [6.07, 6.45) is 1.35. The molecule has 2 amide bonds. The number of benzene rings is 2. The second kappa shape index (κ2) is 8.43. The standard InChI is InChI=1S/C24H20N2O6/c1-14(27)25-16-7-9-17(10-8-16)26-21(15-5-11-18(31-2)12-6-15)20(23(29)24(26)30)22(28)19-4-3-13-32-19/h3-13,21,29H,1-2H3,(H,25,27). The Balaban J connectivity index is 1.80. The van der Waals surface area contributed by atoms with Crippen molar-refractivity contribution in [3.8, 4) is 5.75 Å². The number of ketones is 1. The van der Waals surface area contributed by atoms with E-state index in [1.54, 1.807) is 54.6 Å². The Kier molecular flexibility index (Phi) is 5.51. The lowest BCUT2D eigenvalue weighted by Crippen LogP contribution is -2.31. The number of furan rings is 1. The van der Waals surface area contributed by atoms with Crippen LogP contribution < -0.4 is 15.0 Å². The van der Waals surface area contributed by atoms with Gasteiger partial charge in [0, 0.05) is 18.3 Å². The summed E-state index contributed by atoms with van der Waals surface area (Å²) in [6.45, 7) is 1.39. The van der Waals surface area contributed by atoms with Crippen LogP contribution in [0.2, 0.25) is 0 Å². The lowest BCUT2D eigenvalue weighted by Gasteiger charge is -2.27. The number of rotatable bonds is 6. The molecule has 32 heavy (non-hydrogen) atoms. The van der Waals surface area contributed by atoms with Crippen LogP contribution in [0.5, 0.6) is 5.75 Å². The number of methoxy groups -OCH3 is 1. The fraction of sp³-hybridized carbons (Fsp3) is 0.125. The van der Waals surface area contributed by atoms with Crippen LogP contribution in [0.1, 0.15) is 29.1 Å². The summed E-state index contributed by atoms with van der Waals surface area (Å²) in [7, 11) is 1.54. The van der Waals surface area contributed by atoms with E-state index in [2.05, 4.69) is 5.32 Å². The first-order chi connectivity index (χ1) is 15.4. The highest BCUT2D eigenvalue weighted by Gasteiger charge is 2.45. The third kappa shape index (κ3) is 3.74. The molecule has 8 heteroatoms. The molecule has 3 aromatic rings. The molecule has 2 N–H and O–H groups in total. The molecular weight excluding hydrogens is 412 g/mol. The zero-order chi connectivity index (χ0) is 22.8. The SMILES string of the molecule is COc1ccc(C2C(C(=O)c3ccco3)=C(O)C(=O)N2c2ccc(NC(C)=O)cc2)cc1. The summed E-state index contributed by atoms with van der Waals surface area (Å²) >= 11 is 0. The first-order valence-electron chi connectivity index (χ1n) is 9.77. The number of nitrogens with one attached hydrogen (secondary N) is 1. The second-order valence-corrected chi connectivity index (χ2v) is 7.15. The van der Waals surface area contributed by atoms with E-state index in [4.69, 9.17) is 9.15 Å². The summed E-state index contributed by atoms with van der Waals surface area (Å²) in [5, 5.41) is 13.4. The lowest BCUT2D eigenvalue weighted by molar-refractivity contribution is -0.117. The number of anilines is 2. The minimum absolute atomic E-state index is 0.0146. The van der Waals surface area contributed by atoms with E-state index >= 15 is 0 Å². The predicted molar refractivity (Wildman–Crippen MR) is 117 cm³/mol. The van der Waals surface area contributed by atoms with Gasteiger partial charge in [0.15, 0.2) is 11.5 Å². The molecule has 4 rings (SSSR count). The molecule has 0 fully saturated rings. The highest BCUT2D eigenvalue weighted by Crippen LogP contribution is 2.42. The number of ether oxygens (including phenoxy) is 1. The van der Waals surface area contributed by atoms with Gasteiger partial charge in [-0.3, -0.25) is 19.3 Å². The van der Waals surface area contributed by atoms with Crippen molar-refractivity contribution >= 4 is 29.0 Å². The van der Waals surface area contributed by atoms with Gasteiger partial charge >= 0.3 is 0 Å². The summed E-state index contributed by atoms with van der Waals surface area (Å²) in [6, 6.07) is 15.6. The Morgan fingerprint density at radius 1 is 1.06 bits per heavy atom. The van der Waals surface area contributed by atoms with Crippen molar-refractivity contribution in [2.45, 2.75) is 13.0 Å². The first-order valence-corrected chi connectivity index (χ1v) is 9.77. The van der Waals surface area contributed by atoms with Crippen LogP contribution in [0.3, 0.4) is 0 Å². The monoisotopic (exact) mass is 432 g/mol. The number of carbonyl (C=O) groups excluding carboxylic acids is 3. The van der Waals surface area contributed by atoms with E-state index in [-0.39, 0.29) is 17.2 Å². The van der Waals surface area contributed by atoms with Crippen LogP contribution in [0.25, 0.3) is 0 Å². The number of Topliss-reactive ketones (excluding diaryl/α,β-unsaturated/α-hetero) is 1. The third-order valence-corrected chi connectivity index (χ3v) is 5.10. The van der Waals surface area contributed by atoms with Crippen molar-refractivity contribution < 1.29 is 28.6 Å². The average molecular weight is 432 g/mol. The molecule has 0 aliphatic carbocycles. The first kappa shape index (κ1) is 20.9. The van der Waals surface area contributed by atoms with Crippen molar-refractivity contribution in [3.63, 3.8) is 0 Å². The Morgan fingerprint density at radius 3 is 2.31 bits per heavy atom. The number of aliphatic hydroxyl groups excluding tert-OH is 1. The number of carbonyl (C=O) groups is 3. The molecule has 1 aromatic heterocycles. The van der Waals surface area contributed by atoms with Gasteiger partial charge in [-0.15, -0.1) is 0 Å². The van der Waals surface area contributed by atoms with Gasteiger partial charge in [0.2, 0.25) is 11.7 Å². The molecular formula is C24H20N2O6. The summed E-state index contributed by atoms with van der Waals surface area (Å²) in [5.41, 5.74) is 1.52. The molecule has 2 aromatic carbocycles. The van der Waals surface area contributed by atoms with E-state index in [9.17, 15) is 19.5 Å². The fourth-order valence-electron chi connectivity index (χ4n) is 3.65. The minimum atomic E-state index is -0.891. The van der Waals surface area contributed by atoms with E-state index in [0.29, 0.717) is 22.7 Å². The Morgan fingerprint density at radius 2 is 1.75 bits per heavy atom. The molecule has 1 atom stereocenters. The van der Waals surface area contributed by atoms with Gasteiger partial charge < -0.3 is 19.6 Å². The molecule has 0 bridgehead atoms. The third-order valence-electron chi connectivity index (χ3n) is 5.10. The van der Waals surface area contributed by atoms with Crippen LogP contribution in [-0.4, -0.2) is 29.8 Å². The highest BCUT2D eigenvalue weighted by atomic mass is 16.5. The second-order valence-electron chi connectivity index (χ2n) is 7.15. The Labute approximate surface area is 183 Å². The van der Waals surface area contributed by atoms with Crippen molar-refractivity contribution in [1.82, 2.24) is 0 Å². The van der Waals surface area contributed by atoms with Crippen LogP contribution in [0, 0.1) is 0 Å². The maximum Gasteiger partial charge on any atom is 0.294 e. The lowest BCUT2D eigenvalue weighted by atomic mass is 9.94. The number of nitrogens with zero attached hydrogens (tertiary/aromatic N) is 1. The molecule has 2 heterocycles. The van der Waals surface area contributed by atoms with Gasteiger partial charge in [-0.25, -0.2) is 0 Å². The maximum atomic E-state index is 13.2. The number of hydrogen-bond acceptors (Lipinski definition) is 6. The zero-order valence-electron chi connectivity index (χ0n) is 17.4. The molecule has 0 saturated heterocycles. The van der Waals surface area contributed by atoms with Crippen molar-refractivity contribution in [2.24, 2.45) is 0 Å². The van der Waals surface area contributed by atoms with Crippen LogP contribution in [-0.2, 0) is 9.59 Å². The summed E-state index contributed by atoms with van der Waals surface area (Å²) in [4.78, 5) is 38.9. The molecule has 1 aliphatic heterocycles. The van der Waals surface area contributed by atoms with E-state index in [0.717, 1.165) is 0 Å². The van der Waals surface area contributed by atoms with Crippen LogP contribution in [0.15, 0.2) is 82.7 Å². The van der Waals surface area contributed by atoms with E-state index < -0.39 is 23.5 Å².